The van der Waals surface area contributed by atoms with E-state index in [1.165, 1.54) is 0 Å². The van der Waals surface area contributed by atoms with Crippen molar-refractivity contribution in [2.45, 2.75) is 27.7 Å². The minimum absolute atomic E-state index is 0.0144. The van der Waals surface area contributed by atoms with Gasteiger partial charge in [0.05, 0.1) is 11.1 Å². The second kappa shape index (κ2) is 4.28. The van der Waals surface area contributed by atoms with E-state index in [2.05, 4.69) is 10.1 Å². The minimum Gasteiger partial charge on any atom is -0.280 e. The van der Waals surface area contributed by atoms with Gasteiger partial charge in [-0.25, -0.2) is 9.67 Å². The monoisotopic (exact) mass is 288 g/mol. The summed E-state index contributed by atoms with van der Waals surface area (Å²) in [5, 5.41) is 5.14. The van der Waals surface area contributed by atoms with Crippen LogP contribution in [0.15, 0.2) is 10.9 Å². The van der Waals surface area contributed by atoms with E-state index >= 15 is 0 Å². The number of thiophene rings is 1. The van der Waals surface area contributed by atoms with Gasteiger partial charge < -0.3 is 0 Å². The van der Waals surface area contributed by atoms with E-state index in [0.717, 1.165) is 32.0 Å². The summed E-state index contributed by atoms with van der Waals surface area (Å²) in [7, 11) is 1.74. The van der Waals surface area contributed by atoms with Crippen LogP contribution in [-0.2, 0) is 7.05 Å². The van der Waals surface area contributed by atoms with Gasteiger partial charge >= 0.3 is 0 Å². The molecule has 0 fully saturated rings. The van der Waals surface area contributed by atoms with Crippen molar-refractivity contribution in [1.29, 1.82) is 0 Å². The fourth-order valence-corrected chi connectivity index (χ4v) is 3.40. The summed E-state index contributed by atoms with van der Waals surface area (Å²) < 4.78 is 3.29. The molecule has 3 aromatic heterocycles. The number of aromatic nitrogens is 4. The van der Waals surface area contributed by atoms with Crippen molar-refractivity contribution in [2.75, 3.05) is 0 Å². The second-order valence-electron chi connectivity index (χ2n) is 5.08. The van der Waals surface area contributed by atoms with Crippen LogP contribution >= 0.6 is 11.3 Å². The first kappa shape index (κ1) is 13.1. The number of rotatable bonds is 1. The third-order valence-corrected chi connectivity index (χ3v) is 4.69. The Balaban J connectivity index is 2.41. The fourth-order valence-electron chi connectivity index (χ4n) is 2.38. The van der Waals surface area contributed by atoms with Gasteiger partial charge in [-0.15, -0.1) is 11.3 Å². The molecule has 3 heterocycles. The highest BCUT2D eigenvalue weighted by Gasteiger charge is 2.16. The Morgan fingerprint density at radius 3 is 2.50 bits per heavy atom. The van der Waals surface area contributed by atoms with Gasteiger partial charge in [0.15, 0.2) is 0 Å². The highest BCUT2D eigenvalue weighted by atomic mass is 32.1. The molecule has 0 saturated heterocycles. The predicted octanol–water partition coefficient (Wildman–Crippen LogP) is 2.41. The first-order valence-corrected chi connectivity index (χ1v) is 7.22. The molecular formula is C14H16N4OS. The van der Waals surface area contributed by atoms with Crippen LogP contribution in [0.3, 0.4) is 0 Å². The number of fused-ring (bicyclic) bond motifs is 1. The zero-order valence-electron chi connectivity index (χ0n) is 12.2. The van der Waals surface area contributed by atoms with Gasteiger partial charge in [0.2, 0.25) is 5.95 Å². The lowest BCUT2D eigenvalue weighted by Gasteiger charge is -2.08. The molecule has 3 rings (SSSR count). The van der Waals surface area contributed by atoms with E-state index < -0.39 is 0 Å². The van der Waals surface area contributed by atoms with Crippen LogP contribution in [-0.4, -0.2) is 19.3 Å². The van der Waals surface area contributed by atoms with Crippen LogP contribution in [0.25, 0.3) is 16.2 Å². The van der Waals surface area contributed by atoms with Gasteiger partial charge in [-0.1, -0.05) is 0 Å². The fraction of sp³-hybridized carbons (Fsp3) is 0.357. The van der Waals surface area contributed by atoms with E-state index in [9.17, 15) is 4.79 Å². The number of aryl methyl sites for hydroxylation is 4. The lowest BCUT2D eigenvalue weighted by atomic mass is 10.2. The Labute approximate surface area is 120 Å². The smallest absolute Gasteiger partial charge is 0.263 e. The molecule has 20 heavy (non-hydrogen) atoms. The average Bonchev–Trinajstić information content (AvgIpc) is 2.85. The van der Waals surface area contributed by atoms with Crippen LogP contribution in [0, 0.1) is 27.7 Å². The maximum atomic E-state index is 12.6. The van der Waals surface area contributed by atoms with E-state index in [4.69, 9.17) is 0 Å². The van der Waals surface area contributed by atoms with E-state index in [0.29, 0.717) is 5.95 Å². The normalized spacial score (nSPS) is 11.4. The molecule has 0 radical (unpaired) electrons. The summed E-state index contributed by atoms with van der Waals surface area (Å²) in [5.41, 5.74) is 2.89. The van der Waals surface area contributed by atoms with Gasteiger partial charge in [-0.2, -0.15) is 5.10 Å². The lowest BCUT2D eigenvalue weighted by Crippen LogP contribution is -2.24. The quantitative estimate of drug-likeness (QED) is 0.691. The first-order chi connectivity index (χ1) is 9.40. The zero-order chi connectivity index (χ0) is 14.6. The van der Waals surface area contributed by atoms with E-state index in [1.54, 1.807) is 27.6 Å². The Kier molecular flexibility index (Phi) is 2.79. The molecule has 0 amide bonds. The van der Waals surface area contributed by atoms with Crippen LogP contribution in [0.2, 0.25) is 0 Å². The molecule has 0 aliphatic rings. The van der Waals surface area contributed by atoms with Crippen molar-refractivity contribution in [1.82, 2.24) is 19.3 Å². The van der Waals surface area contributed by atoms with Crippen LogP contribution < -0.4 is 5.56 Å². The molecule has 0 atom stereocenters. The Morgan fingerprint density at radius 2 is 1.90 bits per heavy atom. The Morgan fingerprint density at radius 1 is 1.20 bits per heavy atom. The third kappa shape index (κ3) is 1.71. The van der Waals surface area contributed by atoms with Crippen molar-refractivity contribution in [2.24, 2.45) is 7.05 Å². The van der Waals surface area contributed by atoms with Gasteiger partial charge in [-0.3, -0.25) is 9.36 Å². The van der Waals surface area contributed by atoms with Crippen LogP contribution in [0.4, 0.5) is 0 Å². The molecule has 0 bridgehead atoms. The molecule has 0 spiro atoms. The summed E-state index contributed by atoms with van der Waals surface area (Å²) >= 11 is 1.56. The van der Waals surface area contributed by atoms with E-state index in [1.807, 2.05) is 33.8 Å². The molecule has 0 aliphatic heterocycles. The predicted molar refractivity (Wildman–Crippen MR) is 80.9 cm³/mol. The van der Waals surface area contributed by atoms with E-state index in [-0.39, 0.29) is 5.56 Å². The molecule has 0 N–H and O–H groups in total. The molecule has 5 nitrogen and oxygen atoms in total. The SMILES string of the molecule is Cc1cc(C)n(-c2nc3sc(C)c(C)c3c(=O)n2C)n1. The van der Waals surface area contributed by atoms with Crippen molar-refractivity contribution < 1.29 is 0 Å². The Hall–Kier alpha value is -1.95. The van der Waals surface area contributed by atoms with Crippen molar-refractivity contribution in [3.05, 3.63) is 38.2 Å². The third-order valence-electron chi connectivity index (χ3n) is 3.59. The maximum absolute atomic E-state index is 12.6. The lowest BCUT2D eigenvalue weighted by molar-refractivity contribution is 0.698. The molecule has 0 saturated carbocycles. The summed E-state index contributed by atoms with van der Waals surface area (Å²) in [4.78, 5) is 19.1. The summed E-state index contributed by atoms with van der Waals surface area (Å²) in [6.07, 6.45) is 0. The van der Waals surface area contributed by atoms with Crippen molar-refractivity contribution in [3.8, 4) is 5.95 Å². The first-order valence-electron chi connectivity index (χ1n) is 6.40. The zero-order valence-corrected chi connectivity index (χ0v) is 13.0. The van der Waals surface area contributed by atoms with Gasteiger partial charge in [0, 0.05) is 17.6 Å². The van der Waals surface area contributed by atoms with Gasteiger partial charge in [0.1, 0.15) is 4.83 Å². The molecular weight excluding hydrogens is 272 g/mol. The molecule has 3 aromatic rings. The number of hydrogen-bond acceptors (Lipinski definition) is 4. The van der Waals surface area contributed by atoms with Gasteiger partial charge in [-0.05, 0) is 39.3 Å². The topological polar surface area (TPSA) is 52.7 Å². The maximum Gasteiger partial charge on any atom is 0.263 e. The minimum atomic E-state index is -0.0144. The molecule has 0 unspecified atom stereocenters. The highest BCUT2D eigenvalue weighted by molar-refractivity contribution is 7.18. The van der Waals surface area contributed by atoms with Crippen molar-refractivity contribution in [3.63, 3.8) is 0 Å². The summed E-state index contributed by atoms with van der Waals surface area (Å²) in [5.74, 6) is 0.564. The standard InChI is InChI=1S/C14H16N4OS/c1-7-6-8(2)18(16-7)14-15-12-11(13(19)17(14)5)9(3)10(4)20-12/h6H,1-5H3. The van der Waals surface area contributed by atoms with Crippen LogP contribution in [0.1, 0.15) is 21.8 Å². The summed E-state index contributed by atoms with van der Waals surface area (Å²) in [6, 6.07) is 1.97. The molecule has 0 aliphatic carbocycles. The summed E-state index contributed by atoms with van der Waals surface area (Å²) in [6.45, 7) is 7.88. The highest BCUT2D eigenvalue weighted by Crippen LogP contribution is 2.26. The largest absolute Gasteiger partial charge is 0.280 e. The van der Waals surface area contributed by atoms with Gasteiger partial charge in [0.25, 0.3) is 5.56 Å². The average molecular weight is 288 g/mol. The Bertz CT molecular complexity index is 885. The molecule has 6 heteroatoms. The molecule has 0 aromatic carbocycles. The van der Waals surface area contributed by atoms with Crippen LogP contribution in [0.5, 0.6) is 0 Å². The number of nitrogens with zero attached hydrogens (tertiary/aromatic N) is 4. The number of hydrogen-bond donors (Lipinski definition) is 0. The van der Waals surface area contributed by atoms with Crippen molar-refractivity contribution >= 4 is 21.6 Å². The second-order valence-corrected chi connectivity index (χ2v) is 6.28. The molecule has 104 valence electrons.